The molecule has 0 saturated carbocycles. The molecule has 0 unspecified atom stereocenters. The summed E-state index contributed by atoms with van der Waals surface area (Å²) < 4.78 is 20.9. The molecule has 0 aromatic heterocycles. The predicted molar refractivity (Wildman–Crippen MR) is 126 cm³/mol. The number of fused-ring (bicyclic) bond motifs is 1. The lowest BCUT2D eigenvalue weighted by Gasteiger charge is -2.10. The van der Waals surface area contributed by atoms with E-state index < -0.39 is 12.6 Å². The van der Waals surface area contributed by atoms with Gasteiger partial charge in [-0.2, -0.15) is 0 Å². The standard InChI is InChI=1S/C25H21NO7S/c1-30-18-6-4-5-16(11-18)20(27)13-31-25(29)19-7-2-3-8-23(19)34-14-24(28)26-17-9-10-21-22(12-17)33-15-32-21/h2-12H,13-15H2,1H3,(H,26,28). The third kappa shape index (κ3) is 5.68. The second-order valence-corrected chi connectivity index (χ2v) is 8.15. The van der Waals surface area contributed by atoms with Gasteiger partial charge in [0.2, 0.25) is 12.7 Å². The number of carbonyl (C=O) groups excluding carboxylic acids is 3. The summed E-state index contributed by atoms with van der Waals surface area (Å²) in [5, 5.41) is 2.79. The fraction of sp³-hybridized carbons (Fsp3) is 0.160. The highest BCUT2D eigenvalue weighted by Gasteiger charge is 2.18. The molecule has 1 aliphatic heterocycles. The number of ether oxygens (including phenoxy) is 4. The smallest absolute Gasteiger partial charge is 0.339 e. The van der Waals surface area contributed by atoms with Crippen molar-refractivity contribution in [2.24, 2.45) is 0 Å². The molecule has 1 heterocycles. The Labute approximate surface area is 200 Å². The summed E-state index contributed by atoms with van der Waals surface area (Å²) in [6.45, 7) is -0.254. The van der Waals surface area contributed by atoms with E-state index in [1.807, 2.05) is 0 Å². The molecule has 1 N–H and O–H groups in total. The van der Waals surface area contributed by atoms with Crippen molar-refractivity contribution in [2.75, 3.05) is 31.6 Å². The van der Waals surface area contributed by atoms with Crippen molar-refractivity contribution in [3.05, 3.63) is 77.9 Å². The van der Waals surface area contributed by atoms with E-state index in [1.54, 1.807) is 66.7 Å². The van der Waals surface area contributed by atoms with Gasteiger partial charge in [0.15, 0.2) is 23.9 Å². The first-order valence-electron chi connectivity index (χ1n) is 10.3. The molecule has 0 saturated heterocycles. The topological polar surface area (TPSA) is 100 Å². The average Bonchev–Trinajstić information content (AvgIpc) is 3.34. The van der Waals surface area contributed by atoms with Gasteiger partial charge in [0.1, 0.15) is 5.75 Å². The molecule has 174 valence electrons. The molecular weight excluding hydrogens is 458 g/mol. The summed E-state index contributed by atoms with van der Waals surface area (Å²) >= 11 is 1.19. The maximum atomic E-state index is 12.6. The molecule has 3 aromatic rings. The van der Waals surface area contributed by atoms with Crippen LogP contribution in [0.1, 0.15) is 20.7 Å². The zero-order chi connectivity index (χ0) is 23.9. The van der Waals surface area contributed by atoms with Crippen LogP contribution >= 0.6 is 11.8 Å². The van der Waals surface area contributed by atoms with Gasteiger partial charge in [0.25, 0.3) is 0 Å². The van der Waals surface area contributed by atoms with Crippen molar-refractivity contribution in [3.8, 4) is 17.2 Å². The second-order valence-electron chi connectivity index (χ2n) is 7.13. The third-order valence-corrected chi connectivity index (χ3v) is 5.92. The Morgan fingerprint density at radius 1 is 0.971 bits per heavy atom. The van der Waals surface area contributed by atoms with Crippen LogP contribution in [0.25, 0.3) is 0 Å². The molecule has 9 heteroatoms. The van der Waals surface area contributed by atoms with Gasteiger partial charge in [-0.05, 0) is 36.4 Å². The van der Waals surface area contributed by atoms with Crippen molar-refractivity contribution >= 4 is 35.1 Å². The molecule has 1 amide bonds. The van der Waals surface area contributed by atoms with E-state index in [1.165, 1.54) is 18.9 Å². The number of anilines is 1. The monoisotopic (exact) mass is 479 g/mol. The van der Waals surface area contributed by atoms with Crippen molar-refractivity contribution < 1.29 is 33.3 Å². The van der Waals surface area contributed by atoms with Crippen LogP contribution in [0.15, 0.2) is 71.6 Å². The van der Waals surface area contributed by atoms with Crippen LogP contribution < -0.4 is 19.5 Å². The fourth-order valence-corrected chi connectivity index (χ4v) is 4.00. The van der Waals surface area contributed by atoms with Gasteiger partial charge < -0.3 is 24.3 Å². The number of thioether (sulfide) groups is 1. The molecule has 0 aliphatic carbocycles. The zero-order valence-corrected chi connectivity index (χ0v) is 19.1. The van der Waals surface area contributed by atoms with Crippen LogP contribution in [0.5, 0.6) is 17.2 Å². The highest BCUT2D eigenvalue weighted by atomic mass is 32.2. The number of rotatable bonds is 9. The highest BCUT2D eigenvalue weighted by Crippen LogP contribution is 2.34. The van der Waals surface area contributed by atoms with E-state index in [2.05, 4.69) is 5.32 Å². The average molecular weight is 480 g/mol. The van der Waals surface area contributed by atoms with Crippen LogP contribution in [-0.4, -0.2) is 43.9 Å². The predicted octanol–water partition coefficient (Wildman–Crippen LogP) is 4.19. The molecule has 1 aliphatic rings. The minimum Gasteiger partial charge on any atom is -0.497 e. The normalized spacial score (nSPS) is 11.6. The van der Waals surface area contributed by atoms with Gasteiger partial charge in [0.05, 0.1) is 18.4 Å². The Kier molecular flexibility index (Phi) is 7.34. The van der Waals surface area contributed by atoms with E-state index in [9.17, 15) is 14.4 Å². The number of hydrogen-bond donors (Lipinski definition) is 1. The number of nitrogens with one attached hydrogen (secondary N) is 1. The van der Waals surface area contributed by atoms with Gasteiger partial charge in [-0.25, -0.2) is 4.79 Å². The van der Waals surface area contributed by atoms with E-state index in [0.29, 0.717) is 33.4 Å². The number of methoxy groups -OCH3 is 1. The highest BCUT2D eigenvalue weighted by molar-refractivity contribution is 8.00. The summed E-state index contributed by atoms with van der Waals surface area (Å²) in [7, 11) is 1.51. The minimum atomic E-state index is -0.643. The van der Waals surface area contributed by atoms with Crippen LogP contribution in [0, 0.1) is 0 Å². The van der Waals surface area contributed by atoms with Crippen molar-refractivity contribution in [2.45, 2.75) is 4.90 Å². The Hall–Kier alpha value is -3.98. The van der Waals surface area contributed by atoms with Crippen LogP contribution in [0.3, 0.4) is 0 Å². The lowest BCUT2D eigenvalue weighted by Crippen LogP contribution is -2.16. The van der Waals surface area contributed by atoms with Crippen molar-refractivity contribution in [1.82, 2.24) is 0 Å². The number of Topliss-reactive ketones (excluding diaryl/α,β-unsaturated/α-hetero) is 1. The first-order valence-corrected chi connectivity index (χ1v) is 11.3. The summed E-state index contributed by atoms with van der Waals surface area (Å²) in [6, 6.07) is 18.5. The molecular formula is C25H21NO7S. The summed E-state index contributed by atoms with van der Waals surface area (Å²) in [4.78, 5) is 38.0. The molecule has 0 spiro atoms. The molecule has 34 heavy (non-hydrogen) atoms. The number of amides is 1. The van der Waals surface area contributed by atoms with Crippen LogP contribution in [0.2, 0.25) is 0 Å². The van der Waals surface area contributed by atoms with Crippen LogP contribution in [-0.2, 0) is 9.53 Å². The fourth-order valence-electron chi connectivity index (χ4n) is 3.16. The van der Waals surface area contributed by atoms with Gasteiger partial charge in [-0.15, -0.1) is 11.8 Å². The van der Waals surface area contributed by atoms with Crippen LogP contribution in [0.4, 0.5) is 5.69 Å². The maximum Gasteiger partial charge on any atom is 0.339 e. The Morgan fingerprint density at radius 3 is 2.65 bits per heavy atom. The van der Waals surface area contributed by atoms with E-state index in [0.717, 1.165) is 0 Å². The molecule has 0 radical (unpaired) electrons. The van der Waals surface area contributed by atoms with E-state index >= 15 is 0 Å². The van der Waals surface area contributed by atoms with Gasteiger partial charge in [-0.1, -0.05) is 24.3 Å². The number of carbonyl (C=O) groups is 3. The first kappa shape index (κ1) is 23.2. The molecule has 0 atom stereocenters. The Balaban J connectivity index is 1.33. The molecule has 0 fully saturated rings. The molecule has 0 bridgehead atoms. The quantitative estimate of drug-likeness (QED) is 0.277. The minimum absolute atomic E-state index is 0.0709. The van der Waals surface area contributed by atoms with E-state index in [-0.39, 0.29) is 29.8 Å². The third-order valence-electron chi connectivity index (χ3n) is 4.85. The molecule has 4 rings (SSSR count). The zero-order valence-electron chi connectivity index (χ0n) is 18.2. The number of hydrogen-bond acceptors (Lipinski definition) is 8. The number of ketones is 1. The lowest BCUT2D eigenvalue weighted by atomic mass is 10.1. The maximum absolute atomic E-state index is 12.6. The Morgan fingerprint density at radius 2 is 1.79 bits per heavy atom. The van der Waals surface area contributed by atoms with Gasteiger partial charge in [-0.3, -0.25) is 9.59 Å². The number of benzene rings is 3. The summed E-state index contributed by atoms with van der Waals surface area (Å²) in [5.74, 6) is 0.572. The van der Waals surface area contributed by atoms with E-state index in [4.69, 9.17) is 18.9 Å². The summed E-state index contributed by atoms with van der Waals surface area (Å²) in [5.41, 5.74) is 1.25. The lowest BCUT2D eigenvalue weighted by molar-refractivity contribution is -0.113. The van der Waals surface area contributed by atoms with Crippen molar-refractivity contribution in [3.63, 3.8) is 0 Å². The van der Waals surface area contributed by atoms with Gasteiger partial charge in [0, 0.05) is 22.2 Å². The summed E-state index contributed by atoms with van der Waals surface area (Å²) in [6.07, 6.45) is 0. The first-order chi connectivity index (χ1) is 16.5. The second kappa shape index (κ2) is 10.8. The molecule has 8 nitrogen and oxygen atoms in total. The Bertz CT molecular complexity index is 1230. The SMILES string of the molecule is COc1cccc(C(=O)COC(=O)c2ccccc2SCC(=O)Nc2ccc3c(c2)OCO3)c1. The molecule has 3 aromatic carbocycles. The van der Waals surface area contributed by atoms with Crippen molar-refractivity contribution in [1.29, 1.82) is 0 Å². The van der Waals surface area contributed by atoms with Gasteiger partial charge >= 0.3 is 5.97 Å². The largest absolute Gasteiger partial charge is 0.497 e. The number of esters is 1.